The molecule has 0 heterocycles. The summed E-state index contributed by atoms with van der Waals surface area (Å²) in [5.74, 6) is 1.03. The number of halogens is 3. The minimum Gasteiger partial charge on any atom is -0.496 e. The van der Waals surface area contributed by atoms with Gasteiger partial charge in [-0.1, -0.05) is 40.9 Å². The molecule has 0 fully saturated rings. The molecule has 0 saturated carbocycles. The molecule has 2 rings (SSSR count). The summed E-state index contributed by atoms with van der Waals surface area (Å²) in [5.41, 5.74) is 1.71. The number of nitrogens with zero attached hydrogens (tertiary/aromatic N) is 1. The van der Waals surface area contributed by atoms with Crippen LogP contribution in [0.5, 0.6) is 11.5 Å². The third-order valence-corrected chi connectivity index (χ3v) is 4.19. The number of methoxy groups -OCH3 is 2. The average Bonchev–Trinajstić information content (AvgIpc) is 2.55. The van der Waals surface area contributed by atoms with E-state index >= 15 is 0 Å². The smallest absolute Gasteiger partial charge is 0.141 e. The molecule has 0 atom stereocenters. The summed E-state index contributed by atoms with van der Waals surface area (Å²) in [4.78, 5) is 0. The molecule has 0 bridgehead atoms. The van der Waals surface area contributed by atoms with Crippen LogP contribution in [0, 0.1) is 11.3 Å². The summed E-state index contributed by atoms with van der Waals surface area (Å²) >= 11 is 18.1. The summed E-state index contributed by atoms with van der Waals surface area (Å²) in [6, 6.07) is 10.5. The third kappa shape index (κ3) is 3.92. The van der Waals surface area contributed by atoms with Gasteiger partial charge in [0, 0.05) is 11.6 Å². The summed E-state index contributed by atoms with van der Waals surface area (Å²) in [5, 5.41) is 10.7. The lowest BCUT2D eigenvalue weighted by Crippen LogP contribution is -1.92. The van der Waals surface area contributed by atoms with Gasteiger partial charge in [-0.15, -0.1) is 0 Å². The molecule has 3 nitrogen and oxygen atoms in total. The lowest BCUT2D eigenvalue weighted by molar-refractivity contribution is 0.394. The average molecular weight is 369 g/mol. The molecule has 0 radical (unpaired) electrons. The number of allylic oxidation sites excluding steroid dienone is 1. The van der Waals surface area contributed by atoms with Crippen LogP contribution in [0.1, 0.15) is 11.1 Å². The number of ether oxygens (including phenoxy) is 2. The Morgan fingerprint density at radius 1 is 0.957 bits per heavy atom. The number of hydrogen-bond donors (Lipinski definition) is 0. The van der Waals surface area contributed by atoms with Crippen molar-refractivity contribution in [1.82, 2.24) is 0 Å². The summed E-state index contributed by atoms with van der Waals surface area (Å²) in [6.45, 7) is 0. The highest BCUT2D eigenvalue weighted by molar-refractivity contribution is 6.42. The second-order valence-electron chi connectivity index (χ2n) is 4.53. The Morgan fingerprint density at radius 3 is 2.22 bits per heavy atom. The fourth-order valence-electron chi connectivity index (χ4n) is 2.00. The first-order valence-corrected chi connectivity index (χ1v) is 7.62. The van der Waals surface area contributed by atoms with E-state index in [2.05, 4.69) is 6.07 Å². The first-order chi connectivity index (χ1) is 11.0. The molecule has 0 unspecified atom stereocenters. The van der Waals surface area contributed by atoms with Crippen LogP contribution in [0.3, 0.4) is 0 Å². The SMILES string of the molecule is COc1cc(OC)c(/C=C(/C#N)c2ccc(Cl)c(Cl)c2)cc1Cl. The van der Waals surface area contributed by atoms with Crippen LogP contribution in [0.4, 0.5) is 0 Å². The molecule has 0 spiro atoms. The first kappa shape index (κ1) is 17.5. The molecule has 118 valence electrons. The van der Waals surface area contributed by atoms with Crippen LogP contribution in [-0.2, 0) is 0 Å². The van der Waals surface area contributed by atoms with E-state index in [0.29, 0.717) is 43.3 Å². The van der Waals surface area contributed by atoms with E-state index in [0.717, 1.165) is 0 Å². The van der Waals surface area contributed by atoms with E-state index in [-0.39, 0.29) is 0 Å². The van der Waals surface area contributed by atoms with Crippen LogP contribution in [0.15, 0.2) is 30.3 Å². The lowest BCUT2D eigenvalue weighted by Gasteiger charge is -2.10. The number of rotatable bonds is 4. The highest BCUT2D eigenvalue weighted by atomic mass is 35.5. The number of hydrogen-bond acceptors (Lipinski definition) is 3. The third-order valence-electron chi connectivity index (χ3n) is 3.16. The Balaban J connectivity index is 2.55. The normalized spacial score (nSPS) is 11.0. The fourth-order valence-corrected chi connectivity index (χ4v) is 2.54. The number of benzene rings is 2. The van der Waals surface area contributed by atoms with Gasteiger partial charge in [-0.2, -0.15) is 5.26 Å². The fraction of sp³-hybridized carbons (Fsp3) is 0.118. The molecule has 0 saturated heterocycles. The zero-order valence-electron chi connectivity index (χ0n) is 12.4. The zero-order valence-corrected chi connectivity index (χ0v) is 14.6. The Kier molecular flexibility index (Phi) is 5.79. The predicted molar refractivity (Wildman–Crippen MR) is 94.5 cm³/mol. The molecule has 23 heavy (non-hydrogen) atoms. The van der Waals surface area contributed by atoms with E-state index in [9.17, 15) is 5.26 Å². The Bertz CT molecular complexity index is 810. The van der Waals surface area contributed by atoms with Crippen molar-refractivity contribution in [3.63, 3.8) is 0 Å². The zero-order chi connectivity index (χ0) is 17.0. The van der Waals surface area contributed by atoms with Crippen molar-refractivity contribution >= 4 is 46.5 Å². The van der Waals surface area contributed by atoms with Gasteiger partial charge in [0.1, 0.15) is 11.5 Å². The minimum atomic E-state index is 0.380. The second-order valence-corrected chi connectivity index (χ2v) is 5.75. The summed E-state index contributed by atoms with van der Waals surface area (Å²) < 4.78 is 10.5. The van der Waals surface area contributed by atoms with Crippen LogP contribution in [-0.4, -0.2) is 14.2 Å². The standard InChI is InChI=1S/C17H12Cl3NO2/c1-22-16-8-17(23-2)15(20)7-11(16)5-12(9-21)10-3-4-13(18)14(19)6-10/h3-8H,1-2H3/b12-5-. The molecule has 0 aliphatic heterocycles. The van der Waals surface area contributed by atoms with E-state index in [1.165, 1.54) is 14.2 Å². The van der Waals surface area contributed by atoms with Crippen molar-refractivity contribution in [1.29, 1.82) is 5.26 Å². The van der Waals surface area contributed by atoms with Crippen LogP contribution < -0.4 is 9.47 Å². The Morgan fingerprint density at radius 2 is 1.65 bits per heavy atom. The Hall–Kier alpha value is -1.86. The quantitative estimate of drug-likeness (QED) is 0.511. The van der Waals surface area contributed by atoms with Gasteiger partial charge in [-0.05, 0) is 29.8 Å². The maximum atomic E-state index is 9.44. The van der Waals surface area contributed by atoms with E-state index < -0.39 is 0 Å². The molecule has 0 aliphatic carbocycles. The molecule has 0 aliphatic rings. The highest BCUT2D eigenvalue weighted by Gasteiger charge is 2.11. The topological polar surface area (TPSA) is 42.2 Å². The number of nitriles is 1. The van der Waals surface area contributed by atoms with Crippen molar-refractivity contribution in [3.05, 3.63) is 56.5 Å². The highest BCUT2D eigenvalue weighted by Crippen LogP contribution is 2.35. The van der Waals surface area contributed by atoms with Crippen LogP contribution >= 0.6 is 34.8 Å². The van der Waals surface area contributed by atoms with Gasteiger partial charge in [0.05, 0.1) is 40.9 Å². The van der Waals surface area contributed by atoms with Gasteiger partial charge < -0.3 is 9.47 Å². The van der Waals surface area contributed by atoms with Crippen molar-refractivity contribution in [2.45, 2.75) is 0 Å². The van der Waals surface area contributed by atoms with Crippen LogP contribution in [0.2, 0.25) is 15.1 Å². The van der Waals surface area contributed by atoms with Gasteiger partial charge >= 0.3 is 0 Å². The van der Waals surface area contributed by atoms with Gasteiger partial charge in [0.15, 0.2) is 0 Å². The van der Waals surface area contributed by atoms with Gasteiger partial charge in [0.25, 0.3) is 0 Å². The van der Waals surface area contributed by atoms with Gasteiger partial charge in [0.2, 0.25) is 0 Å². The Labute approximate surface area is 149 Å². The van der Waals surface area contributed by atoms with E-state index in [1.54, 1.807) is 36.4 Å². The second kappa shape index (κ2) is 7.61. The van der Waals surface area contributed by atoms with Crippen LogP contribution in [0.25, 0.3) is 11.6 Å². The van der Waals surface area contributed by atoms with Crippen molar-refractivity contribution in [3.8, 4) is 17.6 Å². The lowest BCUT2D eigenvalue weighted by atomic mass is 10.0. The van der Waals surface area contributed by atoms with Crippen molar-refractivity contribution in [2.75, 3.05) is 14.2 Å². The molecule has 0 N–H and O–H groups in total. The molecular weight excluding hydrogens is 357 g/mol. The minimum absolute atomic E-state index is 0.380. The molecule has 6 heteroatoms. The summed E-state index contributed by atoms with van der Waals surface area (Å²) in [7, 11) is 3.05. The molecule has 0 aromatic heterocycles. The first-order valence-electron chi connectivity index (χ1n) is 6.49. The van der Waals surface area contributed by atoms with E-state index in [1.807, 2.05) is 0 Å². The molecular formula is C17H12Cl3NO2. The van der Waals surface area contributed by atoms with Crippen molar-refractivity contribution < 1.29 is 9.47 Å². The molecule has 0 amide bonds. The molecule has 2 aromatic carbocycles. The molecule has 2 aromatic rings. The summed E-state index contributed by atoms with van der Waals surface area (Å²) in [6.07, 6.45) is 1.67. The van der Waals surface area contributed by atoms with Gasteiger partial charge in [-0.3, -0.25) is 0 Å². The maximum Gasteiger partial charge on any atom is 0.141 e. The largest absolute Gasteiger partial charge is 0.496 e. The monoisotopic (exact) mass is 367 g/mol. The maximum absolute atomic E-state index is 9.44. The van der Waals surface area contributed by atoms with Gasteiger partial charge in [-0.25, -0.2) is 0 Å². The van der Waals surface area contributed by atoms with Crippen molar-refractivity contribution in [2.24, 2.45) is 0 Å². The predicted octanol–water partition coefficient (Wildman–Crippen LogP) is 5.73. The van der Waals surface area contributed by atoms with E-state index in [4.69, 9.17) is 44.3 Å².